The molecule has 0 bridgehead atoms. The maximum absolute atomic E-state index is 12.2. The molecule has 2 rings (SSSR count). The normalized spacial score (nSPS) is 14.4. The Balaban J connectivity index is 2.17. The Labute approximate surface area is 102 Å². The second-order valence-electron chi connectivity index (χ2n) is 4.34. The first-order chi connectivity index (χ1) is 8.18. The van der Waals surface area contributed by atoms with Crippen molar-refractivity contribution >= 4 is 5.91 Å². The molecular formula is C15H17NO. The summed E-state index contributed by atoms with van der Waals surface area (Å²) in [5.41, 5.74) is 2.89. The molecule has 1 aliphatic rings. The van der Waals surface area contributed by atoms with Crippen LogP contribution in [0.2, 0.25) is 0 Å². The van der Waals surface area contributed by atoms with Crippen molar-refractivity contribution in [2.24, 2.45) is 0 Å². The number of allylic oxidation sites excluding steroid dienone is 3. The van der Waals surface area contributed by atoms with Gasteiger partial charge in [-0.15, -0.1) is 0 Å². The van der Waals surface area contributed by atoms with Crippen molar-refractivity contribution in [1.82, 2.24) is 4.90 Å². The summed E-state index contributed by atoms with van der Waals surface area (Å²) in [6, 6.07) is 7.68. The van der Waals surface area contributed by atoms with E-state index in [9.17, 15) is 4.79 Å². The summed E-state index contributed by atoms with van der Waals surface area (Å²) >= 11 is 0. The van der Waals surface area contributed by atoms with Crippen LogP contribution in [0.4, 0.5) is 0 Å². The molecule has 0 saturated heterocycles. The van der Waals surface area contributed by atoms with Gasteiger partial charge in [-0.3, -0.25) is 4.79 Å². The molecule has 1 aromatic carbocycles. The molecule has 1 amide bonds. The van der Waals surface area contributed by atoms with Crippen LogP contribution in [0.3, 0.4) is 0 Å². The lowest BCUT2D eigenvalue weighted by atomic mass is 10.1. The second-order valence-corrected chi connectivity index (χ2v) is 4.34. The van der Waals surface area contributed by atoms with Crippen molar-refractivity contribution in [1.29, 1.82) is 0 Å². The third-order valence-corrected chi connectivity index (χ3v) is 2.97. The Bertz CT molecular complexity index is 468. The number of benzene rings is 1. The Kier molecular flexibility index (Phi) is 3.43. The summed E-state index contributed by atoms with van der Waals surface area (Å²) in [5, 5.41) is 0. The van der Waals surface area contributed by atoms with Gasteiger partial charge in [-0.25, -0.2) is 0 Å². The maximum Gasteiger partial charge on any atom is 0.257 e. The quantitative estimate of drug-likeness (QED) is 0.759. The van der Waals surface area contributed by atoms with Crippen LogP contribution in [0.25, 0.3) is 0 Å². The minimum absolute atomic E-state index is 0.0443. The Morgan fingerprint density at radius 2 is 1.88 bits per heavy atom. The van der Waals surface area contributed by atoms with E-state index in [4.69, 9.17) is 0 Å². The predicted octanol–water partition coefficient (Wildman–Crippen LogP) is 3.30. The van der Waals surface area contributed by atoms with E-state index < -0.39 is 0 Å². The summed E-state index contributed by atoms with van der Waals surface area (Å²) in [7, 11) is 1.82. The lowest BCUT2D eigenvalue weighted by Gasteiger charge is -2.20. The lowest BCUT2D eigenvalue weighted by Crippen LogP contribution is -2.25. The van der Waals surface area contributed by atoms with E-state index in [1.165, 1.54) is 5.56 Å². The van der Waals surface area contributed by atoms with Gasteiger partial charge in [0.25, 0.3) is 5.91 Å². The first-order valence-electron chi connectivity index (χ1n) is 5.90. The molecule has 0 atom stereocenters. The molecule has 0 aromatic heterocycles. The molecule has 1 aromatic rings. The molecule has 0 unspecified atom stereocenters. The fourth-order valence-electron chi connectivity index (χ4n) is 1.86. The van der Waals surface area contributed by atoms with Crippen LogP contribution in [0, 0.1) is 6.92 Å². The van der Waals surface area contributed by atoms with Gasteiger partial charge >= 0.3 is 0 Å². The van der Waals surface area contributed by atoms with Crippen molar-refractivity contribution in [2.75, 3.05) is 7.05 Å². The number of rotatable bonds is 2. The molecule has 2 heteroatoms. The number of likely N-dealkylation sites (N-methyl/N-ethyl adjacent to an activating group) is 1. The fourth-order valence-corrected chi connectivity index (χ4v) is 1.86. The zero-order valence-corrected chi connectivity index (χ0v) is 10.3. The maximum atomic E-state index is 12.2. The third kappa shape index (κ3) is 2.64. The summed E-state index contributed by atoms with van der Waals surface area (Å²) < 4.78 is 0. The van der Waals surface area contributed by atoms with E-state index in [2.05, 4.69) is 12.2 Å². The predicted molar refractivity (Wildman–Crippen MR) is 69.7 cm³/mol. The van der Waals surface area contributed by atoms with Crippen LogP contribution in [0.1, 0.15) is 28.8 Å². The number of aryl methyl sites for hydroxylation is 1. The second kappa shape index (κ2) is 5.00. The fraction of sp³-hybridized carbons (Fsp3) is 0.267. The van der Waals surface area contributed by atoms with Gasteiger partial charge in [-0.05, 0) is 38.0 Å². The molecule has 0 N–H and O–H groups in total. The molecule has 88 valence electrons. The average Bonchev–Trinajstić information content (AvgIpc) is 2.39. The SMILES string of the molecule is Cc1ccc(C(=O)N(C)C2=CCCC=C2)cc1. The molecule has 0 spiro atoms. The highest BCUT2D eigenvalue weighted by Crippen LogP contribution is 2.16. The number of amides is 1. The van der Waals surface area contributed by atoms with Crippen LogP contribution in [-0.4, -0.2) is 17.9 Å². The van der Waals surface area contributed by atoms with Gasteiger partial charge in [0.15, 0.2) is 0 Å². The number of hydrogen-bond acceptors (Lipinski definition) is 1. The highest BCUT2D eigenvalue weighted by Gasteiger charge is 2.14. The van der Waals surface area contributed by atoms with Crippen LogP contribution in [-0.2, 0) is 0 Å². The van der Waals surface area contributed by atoms with E-state index in [0.29, 0.717) is 0 Å². The largest absolute Gasteiger partial charge is 0.312 e. The Hall–Kier alpha value is -1.83. The van der Waals surface area contributed by atoms with Gasteiger partial charge in [-0.2, -0.15) is 0 Å². The molecule has 1 aliphatic carbocycles. The molecule has 0 radical (unpaired) electrons. The van der Waals surface area contributed by atoms with Gasteiger partial charge in [0.1, 0.15) is 0 Å². The number of nitrogens with zero attached hydrogens (tertiary/aromatic N) is 1. The number of hydrogen-bond donors (Lipinski definition) is 0. The first-order valence-corrected chi connectivity index (χ1v) is 5.90. The van der Waals surface area contributed by atoms with Gasteiger partial charge in [0, 0.05) is 18.3 Å². The molecule has 0 fully saturated rings. The van der Waals surface area contributed by atoms with Crippen molar-refractivity contribution in [3.8, 4) is 0 Å². The molecule has 2 nitrogen and oxygen atoms in total. The van der Waals surface area contributed by atoms with Crippen LogP contribution in [0.15, 0.2) is 48.2 Å². The standard InChI is InChI=1S/C15H17NO/c1-12-8-10-13(11-9-12)15(17)16(2)14-6-4-3-5-7-14/h4,6-11H,3,5H2,1-2H3. The smallest absolute Gasteiger partial charge is 0.257 e. The number of carbonyl (C=O) groups is 1. The van der Waals surface area contributed by atoms with Gasteiger partial charge in [0.05, 0.1) is 0 Å². The van der Waals surface area contributed by atoms with Crippen LogP contribution >= 0.6 is 0 Å². The van der Waals surface area contributed by atoms with E-state index >= 15 is 0 Å². The van der Waals surface area contributed by atoms with E-state index in [-0.39, 0.29) is 5.91 Å². The summed E-state index contributed by atoms with van der Waals surface area (Å²) in [6.45, 7) is 2.02. The Morgan fingerprint density at radius 1 is 1.18 bits per heavy atom. The average molecular weight is 227 g/mol. The van der Waals surface area contributed by atoms with E-state index in [0.717, 1.165) is 24.1 Å². The van der Waals surface area contributed by atoms with Crippen molar-refractivity contribution < 1.29 is 4.79 Å². The molecule has 0 aliphatic heterocycles. The molecule has 0 heterocycles. The zero-order chi connectivity index (χ0) is 12.3. The van der Waals surface area contributed by atoms with Crippen LogP contribution < -0.4 is 0 Å². The minimum Gasteiger partial charge on any atom is -0.312 e. The summed E-state index contributed by atoms with van der Waals surface area (Å²) in [6.07, 6.45) is 8.29. The number of carbonyl (C=O) groups excluding carboxylic acids is 1. The zero-order valence-electron chi connectivity index (χ0n) is 10.3. The van der Waals surface area contributed by atoms with Gasteiger partial charge in [0.2, 0.25) is 0 Å². The molecule has 17 heavy (non-hydrogen) atoms. The van der Waals surface area contributed by atoms with Crippen molar-refractivity contribution in [3.63, 3.8) is 0 Å². The highest BCUT2D eigenvalue weighted by atomic mass is 16.2. The monoisotopic (exact) mass is 227 g/mol. The third-order valence-electron chi connectivity index (χ3n) is 2.97. The highest BCUT2D eigenvalue weighted by molar-refractivity contribution is 5.95. The molecular weight excluding hydrogens is 210 g/mol. The summed E-state index contributed by atoms with van der Waals surface area (Å²) in [4.78, 5) is 13.9. The Morgan fingerprint density at radius 3 is 2.47 bits per heavy atom. The van der Waals surface area contributed by atoms with Gasteiger partial charge < -0.3 is 4.90 Å². The first kappa shape index (κ1) is 11.6. The van der Waals surface area contributed by atoms with Crippen molar-refractivity contribution in [2.45, 2.75) is 19.8 Å². The van der Waals surface area contributed by atoms with Gasteiger partial charge in [-0.1, -0.05) is 29.8 Å². The minimum atomic E-state index is 0.0443. The lowest BCUT2D eigenvalue weighted by molar-refractivity contribution is 0.0840. The van der Waals surface area contributed by atoms with Crippen LogP contribution in [0.5, 0.6) is 0 Å². The van der Waals surface area contributed by atoms with E-state index in [1.807, 2.05) is 44.3 Å². The summed E-state index contributed by atoms with van der Waals surface area (Å²) in [5.74, 6) is 0.0443. The van der Waals surface area contributed by atoms with Crippen molar-refractivity contribution in [3.05, 3.63) is 59.3 Å². The van der Waals surface area contributed by atoms with E-state index in [1.54, 1.807) is 4.90 Å². The molecule has 0 saturated carbocycles. The topological polar surface area (TPSA) is 20.3 Å².